The van der Waals surface area contributed by atoms with Gasteiger partial charge in [0, 0.05) is 30.7 Å². The van der Waals surface area contributed by atoms with E-state index < -0.39 is 0 Å². The van der Waals surface area contributed by atoms with Crippen molar-refractivity contribution in [3.05, 3.63) is 32.7 Å². The first-order valence-electron chi connectivity index (χ1n) is 6.92. The molecule has 0 bridgehead atoms. The molecule has 3 rings (SSSR count). The maximum atomic E-state index is 12.7. The van der Waals surface area contributed by atoms with Crippen molar-refractivity contribution in [2.75, 3.05) is 6.61 Å². The van der Waals surface area contributed by atoms with Crippen molar-refractivity contribution in [1.29, 1.82) is 0 Å². The fourth-order valence-corrected chi connectivity index (χ4v) is 3.51. The van der Waals surface area contributed by atoms with Gasteiger partial charge in [0.25, 0.3) is 0 Å². The molecule has 1 saturated heterocycles. The Labute approximate surface area is 130 Å². The lowest BCUT2D eigenvalue weighted by Gasteiger charge is -2.14. The highest BCUT2D eigenvalue weighted by molar-refractivity contribution is 9.10. The molecule has 2 heterocycles. The van der Waals surface area contributed by atoms with E-state index in [1.165, 1.54) is 0 Å². The Hall–Kier alpha value is -1.40. The third kappa shape index (κ3) is 2.17. The number of aryl methyl sites for hydroxylation is 2. The van der Waals surface area contributed by atoms with Crippen LogP contribution >= 0.6 is 15.9 Å². The van der Waals surface area contributed by atoms with Crippen molar-refractivity contribution in [1.82, 2.24) is 9.13 Å². The molecule has 2 unspecified atom stereocenters. The van der Waals surface area contributed by atoms with Gasteiger partial charge in [-0.2, -0.15) is 0 Å². The number of rotatable bonds is 2. The topological polar surface area (TPSA) is 53.2 Å². The average molecular weight is 353 g/mol. The molecule has 112 valence electrons. The zero-order chi connectivity index (χ0) is 15.3. The number of ether oxygens (including phenoxy) is 1. The smallest absolute Gasteiger partial charge is 0.328 e. The SMILES string of the molecule is CC1OCCC1C(=O)c1cc2c(cc1Br)n(C)c(=O)n2C. The first kappa shape index (κ1) is 14.5. The molecule has 0 radical (unpaired) electrons. The van der Waals surface area contributed by atoms with Gasteiger partial charge in [-0.3, -0.25) is 13.9 Å². The van der Waals surface area contributed by atoms with E-state index in [2.05, 4.69) is 15.9 Å². The normalized spacial score (nSPS) is 22.1. The molecule has 0 N–H and O–H groups in total. The molecule has 0 aliphatic carbocycles. The fraction of sp³-hybridized carbons (Fsp3) is 0.467. The number of hydrogen-bond acceptors (Lipinski definition) is 3. The highest BCUT2D eigenvalue weighted by Gasteiger charge is 2.32. The average Bonchev–Trinajstić information content (AvgIpc) is 2.97. The van der Waals surface area contributed by atoms with Gasteiger partial charge in [-0.05, 0) is 41.4 Å². The summed E-state index contributed by atoms with van der Waals surface area (Å²) < 4.78 is 9.35. The van der Waals surface area contributed by atoms with Gasteiger partial charge >= 0.3 is 5.69 Å². The molecule has 0 amide bonds. The summed E-state index contributed by atoms with van der Waals surface area (Å²) in [4.78, 5) is 24.7. The summed E-state index contributed by atoms with van der Waals surface area (Å²) in [6, 6.07) is 3.64. The maximum absolute atomic E-state index is 12.7. The van der Waals surface area contributed by atoms with Crippen LogP contribution in [0.3, 0.4) is 0 Å². The number of nitrogens with zero attached hydrogens (tertiary/aromatic N) is 2. The van der Waals surface area contributed by atoms with Gasteiger partial charge in [0.15, 0.2) is 5.78 Å². The molecular weight excluding hydrogens is 336 g/mol. The highest BCUT2D eigenvalue weighted by atomic mass is 79.9. The quantitative estimate of drug-likeness (QED) is 0.779. The number of carbonyl (C=O) groups is 1. The predicted octanol–water partition coefficient (Wildman–Crippen LogP) is 2.25. The number of aromatic nitrogens is 2. The number of imidazole rings is 1. The van der Waals surface area contributed by atoms with Gasteiger partial charge in [0.2, 0.25) is 0 Å². The van der Waals surface area contributed by atoms with Crippen molar-refractivity contribution in [2.45, 2.75) is 19.4 Å². The van der Waals surface area contributed by atoms with Gasteiger partial charge in [0.05, 0.1) is 23.1 Å². The zero-order valence-corrected chi connectivity index (χ0v) is 13.8. The number of carbonyl (C=O) groups excluding carboxylic acids is 1. The summed E-state index contributed by atoms with van der Waals surface area (Å²) in [5.41, 5.74) is 2.09. The number of Topliss-reactive ketones (excluding diaryl/α,β-unsaturated/α-hetero) is 1. The Kier molecular flexibility index (Phi) is 3.53. The van der Waals surface area contributed by atoms with Crippen LogP contribution in [0.15, 0.2) is 21.4 Å². The van der Waals surface area contributed by atoms with Crippen LogP contribution in [-0.4, -0.2) is 27.6 Å². The minimum absolute atomic E-state index is 0.0558. The van der Waals surface area contributed by atoms with Crippen LogP contribution in [0.25, 0.3) is 11.0 Å². The van der Waals surface area contributed by atoms with Gasteiger partial charge < -0.3 is 4.74 Å². The fourth-order valence-electron chi connectivity index (χ4n) is 2.98. The second kappa shape index (κ2) is 5.10. The van der Waals surface area contributed by atoms with Gasteiger partial charge in [-0.25, -0.2) is 4.79 Å². The molecule has 2 atom stereocenters. The predicted molar refractivity (Wildman–Crippen MR) is 83.7 cm³/mol. The summed E-state index contributed by atoms with van der Waals surface area (Å²) >= 11 is 3.47. The molecule has 1 aliphatic rings. The van der Waals surface area contributed by atoms with Crippen LogP contribution in [-0.2, 0) is 18.8 Å². The molecule has 1 aromatic carbocycles. The lowest BCUT2D eigenvalue weighted by molar-refractivity contribution is 0.0763. The van der Waals surface area contributed by atoms with Crippen LogP contribution in [0.1, 0.15) is 23.7 Å². The minimum atomic E-state index is -0.112. The van der Waals surface area contributed by atoms with Crippen LogP contribution in [0.5, 0.6) is 0 Å². The number of halogens is 1. The number of fused-ring (bicyclic) bond motifs is 1. The zero-order valence-electron chi connectivity index (χ0n) is 12.2. The van der Waals surface area contributed by atoms with E-state index in [1.807, 2.05) is 13.0 Å². The molecule has 5 nitrogen and oxygen atoms in total. The Bertz CT molecular complexity index is 790. The van der Waals surface area contributed by atoms with Crippen molar-refractivity contribution < 1.29 is 9.53 Å². The Morgan fingerprint density at radius 2 is 1.90 bits per heavy atom. The molecule has 21 heavy (non-hydrogen) atoms. The van der Waals surface area contributed by atoms with Crippen LogP contribution in [0.4, 0.5) is 0 Å². The van der Waals surface area contributed by atoms with E-state index in [-0.39, 0.29) is 23.5 Å². The van der Waals surface area contributed by atoms with Crippen LogP contribution in [0, 0.1) is 5.92 Å². The first-order chi connectivity index (χ1) is 9.91. The van der Waals surface area contributed by atoms with Gasteiger partial charge in [-0.15, -0.1) is 0 Å². The monoisotopic (exact) mass is 352 g/mol. The summed E-state index contributed by atoms with van der Waals surface area (Å²) in [6.07, 6.45) is 0.692. The van der Waals surface area contributed by atoms with E-state index in [4.69, 9.17) is 4.74 Å². The Morgan fingerprint density at radius 1 is 1.29 bits per heavy atom. The second-order valence-corrected chi connectivity index (χ2v) is 6.41. The molecule has 6 heteroatoms. The number of ketones is 1. The molecule has 0 saturated carbocycles. The molecule has 1 fully saturated rings. The molecule has 1 aliphatic heterocycles. The summed E-state index contributed by atoms with van der Waals surface area (Å²) in [5, 5.41) is 0. The first-order valence-corrected chi connectivity index (χ1v) is 7.72. The van der Waals surface area contributed by atoms with E-state index in [0.29, 0.717) is 12.2 Å². The highest BCUT2D eigenvalue weighted by Crippen LogP contribution is 2.30. The third-order valence-corrected chi connectivity index (χ3v) is 5.00. The van der Waals surface area contributed by atoms with E-state index in [9.17, 15) is 9.59 Å². The van der Waals surface area contributed by atoms with E-state index >= 15 is 0 Å². The van der Waals surface area contributed by atoms with Gasteiger partial charge in [-0.1, -0.05) is 0 Å². The van der Waals surface area contributed by atoms with Gasteiger partial charge in [0.1, 0.15) is 0 Å². The minimum Gasteiger partial charge on any atom is -0.378 e. The van der Waals surface area contributed by atoms with E-state index in [0.717, 1.165) is 21.9 Å². The van der Waals surface area contributed by atoms with E-state index in [1.54, 1.807) is 29.3 Å². The van der Waals surface area contributed by atoms with Crippen molar-refractivity contribution in [3.8, 4) is 0 Å². The standard InChI is InChI=1S/C15H17BrN2O3/c1-8-9(4-5-21-8)14(19)10-6-12-13(7-11(10)16)18(3)15(20)17(12)2/h6-9H,4-5H2,1-3H3. The third-order valence-electron chi connectivity index (χ3n) is 4.34. The Morgan fingerprint density at radius 3 is 2.48 bits per heavy atom. The number of benzene rings is 1. The molecular formula is C15H17BrN2O3. The van der Waals surface area contributed by atoms with Crippen LogP contribution < -0.4 is 5.69 Å². The lowest BCUT2D eigenvalue weighted by atomic mass is 9.92. The van der Waals surface area contributed by atoms with Crippen molar-refractivity contribution >= 4 is 32.7 Å². The molecule has 2 aromatic rings. The summed E-state index contributed by atoms with van der Waals surface area (Å²) in [6.45, 7) is 2.56. The van der Waals surface area contributed by atoms with Crippen molar-refractivity contribution in [2.24, 2.45) is 20.0 Å². The molecule has 1 aromatic heterocycles. The summed E-state index contributed by atoms with van der Waals surface area (Å²) in [5.74, 6) is -0.0374. The Balaban J connectivity index is 2.15. The van der Waals surface area contributed by atoms with Crippen molar-refractivity contribution in [3.63, 3.8) is 0 Å². The maximum Gasteiger partial charge on any atom is 0.328 e. The number of hydrogen-bond donors (Lipinski definition) is 0. The second-order valence-electron chi connectivity index (χ2n) is 5.56. The summed E-state index contributed by atoms with van der Waals surface area (Å²) in [7, 11) is 3.44. The lowest BCUT2D eigenvalue weighted by Crippen LogP contribution is -2.22. The largest absolute Gasteiger partial charge is 0.378 e. The molecule has 0 spiro atoms. The van der Waals surface area contributed by atoms with Crippen LogP contribution in [0.2, 0.25) is 0 Å².